The number of hydrogen-bond donors (Lipinski definition) is 1. The number of benzene rings is 2. The van der Waals surface area contributed by atoms with Gasteiger partial charge in [-0.25, -0.2) is 13.4 Å². The molecule has 0 bridgehead atoms. The summed E-state index contributed by atoms with van der Waals surface area (Å²) in [5, 5.41) is 4.48. The highest BCUT2D eigenvalue weighted by molar-refractivity contribution is 7.90. The Morgan fingerprint density at radius 3 is 2.50 bits per heavy atom. The van der Waals surface area contributed by atoms with Crippen molar-refractivity contribution < 1.29 is 13.2 Å². The van der Waals surface area contributed by atoms with Crippen LogP contribution >= 0.6 is 0 Å². The molecule has 0 unspecified atom stereocenters. The number of methoxy groups -OCH3 is 1. The van der Waals surface area contributed by atoms with Crippen LogP contribution < -0.4 is 10.1 Å². The largest absolute Gasteiger partial charge is 0.494 e. The summed E-state index contributed by atoms with van der Waals surface area (Å²) >= 11 is 0. The predicted octanol–water partition coefficient (Wildman–Crippen LogP) is 3.61. The van der Waals surface area contributed by atoms with E-state index in [1.807, 2.05) is 43.3 Å². The Hall–Kier alpha value is -2.60. The Bertz CT molecular complexity index is 1030. The third-order valence-corrected chi connectivity index (χ3v) is 5.36. The topological polar surface area (TPSA) is 68.3 Å². The molecule has 0 amide bonds. The summed E-state index contributed by atoms with van der Waals surface area (Å²) in [7, 11) is -1.51. The van der Waals surface area contributed by atoms with Crippen molar-refractivity contribution in [2.45, 2.75) is 18.2 Å². The van der Waals surface area contributed by atoms with Crippen LogP contribution in [0.2, 0.25) is 0 Å². The van der Waals surface area contributed by atoms with E-state index in [2.05, 4.69) is 10.3 Å². The number of fused-ring (bicyclic) bond motifs is 1. The fourth-order valence-electron chi connectivity index (χ4n) is 2.91. The Kier molecular flexibility index (Phi) is 5.13. The van der Waals surface area contributed by atoms with Crippen LogP contribution in [0.15, 0.2) is 53.4 Å². The summed E-state index contributed by atoms with van der Waals surface area (Å²) < 4.78 is 28.5. The SMILES string of the molecule is COc1cccc2c(NCCc3ccc(S(C)(=O)=O)cc3)cc(C)nc12. The van der Waals surface area contributed by atoms with E-state index in [9.17, 15) is 8.42 Å². The van der Waals surface area contributed by atoms with Gasteiger partial charge in [0, 0.05) is 29.6 Å². The van der Waals surface area contributed by atoms with Gasteiger partial charge in [-0.1, -0.05) is 24.3 Å². The van der Waals surface area contributed by atoms with Crippen molar-refractivity contribution in [2.75, 3.05) is 25.2 Å². The van der Waals surface area contributed by atoms with E-state index in [4.69, 9.17) is 4.74 Å². The number of anilines is 1. The number of ether oxygens (including phenoxy) is 1. The summed E-state index contributed by atoms with van der Waals surface area (Å²) in [6.07, 6.45) is 2.01. The normalized spacial score (nSPS) is 11.5. The van der Waals surface area contributed by atoms with Crippen LogP contribution in [0.3, 0.4) is 0 Å². The van der Waals surface area contributed by atoms with Crippen molar-refractivity contribution in [3.05, 3.63) is 59.8 Å². The molecule has 2 aromatic carbocycles. The minimum atomic E-state index is -3.15. The first-order valence-electron chi connectivity index (χ1n) is 8.36. The number of hydrogen-bond acceptors (Lipinski definition) is 5. The van der Waals surface area contributed by atoms with Gasteiger partial charge in [0.1, 0.15) is 11.3 Å². The van der Waals surface area contributed by atoms with Gasteiger partial charge in [0.25, 0.3) is 0 Å². The van der Waals surface area contributed by atoms with Crippen molar-refractivity contribution in [3.63, 3.8) is 0 Å². The van der Waals surface area contributed by atoms with Crippen LogP contribution in [0, 0.1) is 6.92 Å². The molecule has 136 valence electrons. The van der Waals surface area contributed by atoms with Gasteiger partial charge in [-0.3, -0.25) is 0 Å². The molecular formula is C20H22N2O3S. The lowest BCUT2D eigenvalue weighted by Crippen LogP contribution is -2.06. The van der Waals surface area contributed by atoms with Crippen molar-refractivity contribution >= 4 is 26.4 Å². The zero-order valence-electron chi connectivity index (χ0n) is 15.1. The second-order valence-corrected chi connectivity index (χ2v) is 8.28. The summed E-state index contributed by atoms with van der Waals surface area (Å²) in [5.41, 5.74) is 3.86. The Morgan fingerprint density at radius 1 is 1.12 bits per heavy atom. The van der Waals surface area contributed by atoms with Crippen molar-refractivity contribution in [1.29, 1.82) is 0 Å². The highest BCUT2D eigenvalue weighted by Crippen LogP contribution is 2.29. The standard InChI is InChI=1S/C20H22N2O3S/c1-14-13-18(17-5-4-6-19(25-2)20(17)22-14)21-12-11-15-7-9-16(10-8-15)26(3,23)24/h4-10,13H,11-12H2,1-3H3,(H,21,22). The third kappa shape index (κ3) is 3.96. The summed E-state index contributed by atoms with van der Waals surface area (Å²) in [6.45, 7) is 2.69. The van der Waals surface area contributed by atoms with Crippen LogP contribution in [0.4, 0.5) is 5.69 Å². The minimum absolute atomic E-state index is 0.344. The lowest BCUT2D eigenvalue weighted by Gasteiger charge is -2.13. The second-order valence-electron chi connectivity index (χ2n) is 6.26. The van der Waals surface area contributed by atoms with Crippen LogP contribution in [0.5, 0.6) is 5.75 Å². The van der Waals surface area contributed by atoms with Crippen LogP contribution in [-0.4, -0.2) is 33.3 Å². The van der Waals surface area contributed by atoms with Gasteiger partial charge in [-0.2, -0.15) is 0 Å². The summed E-state index contributed by atoms with van der Waals surface area (Å²) in [4.78, 5) is 4.93. The number of nitrogens with zero attached hydrogens (tertiary/aromatic N) is 1. The van der Waals surface area contributed by atoms with Crippen molar-refractivity contribution in [3.8, 4) is 5.75 Å². The van der Waals surface area contributed by atoms with Crippen molar-refractivity contribution in [1.82, 2.24) is 4.98 Å². The smallest absolute Gasteiger partial charge is 0.175 e. The van der Waals surface area contributed by atoms with Gasteiger partial charge in [0.15, 0.2) is 9.84 Å². The van der Waals surface area contributed by atoms with Crippen LogP contribution in [0.1, 0.15) is 11.3 Å². The lowest BCUT2D eigenvalue weighted by atomic mass is 10.1. The van der Waals surface area contributed by atoms with Gasteiger partial charge in [0.05, 0.1) is 12.0 Å². The molecule has 3 aromatic rings. The molecule has 3 rings (SSSR count). The molecule has 0 radical (unpaired) electrons. The average Bonchev–Trinajstić information content (AvgIpc) is 2.61. The molecule has 0 saturated carbocycles. The van der Waals surface area contributed by atoms with E-state index in [0.29, 0.717) is 4.90 Å². The van der Waals surface area contributed by atoms with Crippen molar-refractivity contribution in [2.24, 2.45) is 0 Å². The second kappa shape index (κ2) is 7.33. The van der Waals surface area contributed by atoms with E-state index in [-0.39, 0.29) is 0 Å². The number of nitrogens with one attached hydrogen (secondary N) is 1. The summed E-state index contributed by atoms with van der Waals surface area (Å²) in [6, 6.07) is 14.9. The highest BCUT2D eigenvalue weighted by Gasteiger charge is 2.09. The van der Waals surface area contributed by atoms with E-state index in [0.717, 1.165) is 46.6 Å². The molecule has 1 heterocycles. The molecule has 0 atom stereocenters. The number of rotatable bonds is 6. The van der Waals surface area contributed by atoms with Gasteiger partial charge < -0.3 is 10.1 Å². The van der Waals surface area contributed by atoms with E-state index < -0.39 is 9.84 Å². The molecule has 1 aromatic heterocycles. The number of sulfone groups is 1. The fourth-order valence-corrected chi connectivity index (χ4v) is 3.54. The maximum absolute atomic E-state index is 11.5. The zero-order chi connectivity index (χ0) is 18.7. The molecule has 0 aliphatic heterocycles. The molecule has 5 nitrogen and oxygen atoms in total. The maximum atomic E-state index is 11.5. The molecule has 26 heavy (non-hydrogen) atoms. The molecule has 1 N–H and O–H groups in total. The number of para-hydroxylation sites is 1. The number of aryl methyl sites for hydroxylation is 1. The molecule has 0 aliphatic rings. The first-order valence-corrected chi connectivity index (χ1v) is 10.2. The maximum Gasteiger partial charge on any atom is 0.175 e. The number of aromatic nitrogens is 1. The molecule has 0 spiro atoms. The molecule has 6 heteroatoms. The van der Waals surface area contributed by atoms with Gasteiger partial charge in [-0.15, -0.1) is 0 Å². The van der Waals surface area contributed by atoms with Gasteiger partial charge >= 0.3 is 0 Å². The Labute approximate surface area is 154 Å². The van der Waals surface area contributed by atoms with Crippen LogP contribution in [0.25, 0.3) is 10.9 Å². The van der Waals surface area contributed by atoms with E-state index >= 15 is 0 Å². The quantitative estimate of drug-likeness (QED) is 0.718. The minimum Gasteiger partial charge on any atom is -0.494 e. The molecular weight excluding hydrogens is 348 g/mol. The first kappa shape index (κ1) is 18.2. The van der Waals surface area contributed by atoms with E-state index in [1.165, 1.54) is 6.26 Å². The Morgan fingerprint density at radius 2 is 1.85 bits per heavy atom. The van der Waals surface area contributed by atoms with Gasteiger partial charge in [-0.05, 0) is 43.2 Å². The lowest BCUT2D eigenvalue weighted by molar-refractivity contribution is 0.419. The van der Waals surface area contributed by atoms with E-state index in [1.54, 1.807) is 19.2 Å². The summed E-state index contributed by atoms with van der Waals surface area (Å²) in [5.74, 6) is 0.755. The molecule has 0 fully saturated rings. The predicted molar refractivity (Wildman–Crippen MR) is 105 cm³/mol. The van der Waals surface area contributed by atoms with Gasteiger partial charge in [0.2, 0.25) is 0 Å². The molecule has 0 aliphatic carbocycles. The monoisotopic (exact) mass is 370 g/mol. The fraction of sp³-hybridized carbons (Fsp3) is 0.250. The highest BCUT2D eigenvalue weighted by atomic mass is 32.2. The first-order chi connectivity index (χ1) is 12.4. The Balaban J connectivity index is 1.76. The zero-order valence-corrected chi connectivity index (χ0v) is 15.9. The number of pyridine rings is 1. The molecule has 0 saturated heterocycles. The average molecular weight is 370 g/mol. The van der Waals surface area contributed by atoms with Crippen LogP contribution in [-0.2, 0) is 16.3 Å². The third-order valence-electron chi connectivity index (χ3n) is 4.23.